The van der Waals surface area contributed by atoms with Crippen molar-refractivity contribution in [3.8, 4) is 0 Å². The second-order valence-electron chi connectivity index (χ2n) is 4.46. The number of hydrogen-bond acceptors (Lipinski definition) is 2. The average Bonchev–Trinajstić information content (AvgIpc) is 3.10. The maximum Gasteiger partial charge on any atom is 0.168 e. The van der Waals surface area contributed by atoms with Gasteiger partial charge in [-0.1, -0.05) is 53.5 Å². The van der Waals surface area contributed by atoms with Crippen molar-refractivity contribution in [1.29, 1.82) is 0 Å². The Bertz CT molecular complexity index is 591. The molecule has 18 heavy (non-hydrogen) atoms. The second kappa shape index (κ2) is 4.69. The predicted molar refractivity (Wildman–Crippen MR) is 76.0 cm³/mol. The van der Waals surface area contributed by atoms with Crippen LogP contribution in [0, 0.1) is 5.92 Å². The zero-order valence-electron chi connectivity index (χ0n) is 9.40. The van der Waals surface area contributed by atoms with E-state index >= 15 is 0 Å². The molecular weight excluding hydrogens is 287 g/mol. The summed E-state index contributed by atoms with van der Waals surface area (Å²) in [4.78, 5) is 12.3. The van der Waals surface area contributed by atoms with Gasteiger partial charge < -0.3 is 0 Å². The summed E-state index contributed by atoms with van der Waals surface area (Å²) < 4.78 is 1.07. The molecule has 4 heteroatoms. The van der Waals surface area contributed by atoms with Crippen molar-refractivity contribution in [1.82, 2.24) is 0 Å². The number of Topliss-reactive ketones (excluding diaryl/α,β-unsaturated/α-hetero) is 1. The topological polar surface area (TPSA) is 17.1 Å². The Kier molecular flexibility index (Phi) is 3.18. The van der Waals surface area contributed by atoms with Crippen molar-refractivity contribution in [2.75, 3.05) is 0 Å². The fourth-order valence-electron chi connectivity index (χ4n) is 2.26. The van der Waals surface area contributed by atoms with E-state index in [9.17, 15) is 4.79 Å². The normalized spacial score (nSPS) is 21.9. The molecule has 1 saturated carbocycles. The minimum absolute atomic E-state index is 0.0653. The van der Waals surface area contributed by atoms with Crippen LogP contribution >= 0.6 is 34.5 Å². The van der Waals surface area contributed by atoms with Crippen LogP contribution in [0.15, 0.2) is 36.4 Å². The van der Waals surface area contributed by atoms with E-state index in [0.29, 0.717) is 20.2 Å². The minimum Gasteiger partial charge on any atom is -0.294 e. The summed E-state index contributed by atoms with van der Waals surface area (Å²) in [6.45, 7) is 0. The molecule has 2 aromatic rings. The first-order chi connectivity index (χ1) is 8.66. The smallest absolute Gasteiger partial charge is 0.168 e. The van der Waals surface area contributed by atoms with Crippen LogP contribution in [0.25, 0.3) is 0 Å². The lowest BCUT2D eigenvalue weighted by atomic mass is 10.1. The summed E-state index contributed by atoms with van der Waals surface area (Å²) in [6.07, 6.45) is 0.909. The largest absolute Gasteiger partial charge is 0.294 e. The van der Waals surface area contributed by atoms with Crippen LogP contribution in [0.2, 0.25) is 8.67 Å². The first-order valence-corrected chi connectivity index (χ1v) is 7.28. The molecule has 3 rings (SSSR count). The molecular formula is C14H10Cl2OS. The van der Waals surface area contributed by atoms with Crippen LogP contribution in [0.3, 0.4) is 0 Å². The van der Waals surface area contributed by atoms with Crippen LogP contribution < -0.4 is 0 Å². The predicted octanol–water partition coefficient (Wildman–Crippen LogP) is 5.04. The third-order valence-corrected chi connectivity index (χ3v) is 4.76. The lowest BCUT2D eigenvalue weighted by Crippen LogP contribution is -2.02. The standard InChI is InChI=1S/C14H10Cl2OS/c15-12-7-11(14(16)18-12)13(17)10-6-9(10)8-4-2-1-3-5-8/h1-5,7,9-10H,6H2. The number of hydrogen-bond donors (Lipinski definition) is 0. The Morgan fingerprint density at radius 2 is 1.94 bits per heavy atom. The van der Waals surface area contributed by atoms with E-state index in [4.69, 9.17) is 23.2 Å². The molecule has 1 heterocycles. The molecule has 1 aliphatic carbocycles. The highest BCUT2D eigenvalue weighted by atomic mass is 35.5. The van der Waals surface area contributed by atoms with Crippen molar-refractivity contribution >= 4 is 40.3 Å². The molecule has 1 aliphatic rings. The average molecular weight is 297 g/mol. The van der Waals surface area contributed by atoms with Crippen LogP contribution in [-0.4, -0.2) is 5.78 Å². The van der Waals surface area contributed by atoms with Gasteiger partial charge in [0, 0.05) is 11.5 Å². The summed E-state index contributed by atoms with van der Waals surface area (Å²) in [5.74, 6) is 0.529. The van der Waals surface area contributed by atoms with Crippen molar-refractivity contribution in [3.05, 3.63) is 56.2 Å². The summed E-state index contributed by atoms with van der Waals surface area (Å²) in [6, 6.07) is 11.8. The van der Waals surface area contributed by atoms with Crippen LogP contribution in [-0.2, 0) is 0 Å². The molecule has 0 saturated heterocycles. The number of thiophene rings is 1. The van der Waals surface area contributed by atoms with E-state index in [2.05, 4.69) is 12.1 Å². The molecule has 0 spiro atoms. The monoisotopic (exact) mass is 296 g/mol. The molecule has 0 aliphatic heterocycles. The number of ketones is 1. The van der Waals surface area contributed by atoms with Gasteiger partial charge in [-0.15, -0.1) is 11.3 Å². The summed E-state index contributed by atoms with van der Waals surface area (Å²) in [5, 5.41) is 0. The van der Waals surface area contributed by atoms with Gasteiger partial charge in [0.15, 0.2) is 5.78 Å². The Morgan fingerprint density at radius 3 is 2.56 bits per heavy atom. The van der Waals surface area contributed by atoms with Gasteiger partial charge in [-0.3, -0.25) is 4.79 Å². The van der Waals surface area contributed by atoms with Crippen molar-refractivity contribution in [2.24, 2.45) is 5.92 Å². The zero-order chi connectivity index (χ0) is 12.7. The molecule has 2 unspecified atom stereocenters. The van der Waals surface area contributed by atoms with E-state index in [1.807, 2.05) is 18.2 Å². The Labute approximate surface area is 119 Å². The third kappa shape index (κ3) is 2.20. The highest BCUT2D eigenvalue weighted by molar-refractivity contribution is 7.20. The van der Waals surface area contributed by atoms with Gasteiger partial charge in [-0.05, 0) is 24.0 Å². The van der Waals surface area contributed by atoms with E-state index in [0.717, 1.165) is 6.42 Å². The molecule has 2 atom stereocenters. The van der Waals surface area contributed by atoms with Gasteiger partial charge in [-0.2, -0.15) is 0 Å². The number of rotatable bonds is 3. The van der Waals surface area contributed by atoms with E-state index < -0.39 is 0 Å². The van der Waals surface area contributed by atoms with E-state index in [1.54, 1.807) is 6.07 Å². The quantitative estimate of drug-likeness (QED) is 0.725. The maximum atomic E-state index is 12.3. The number of benzene rings is 1. The first-order valence-electron chi connectivity index (χ1n) is 5.71. The van der Waals surface area contributed by atoms with Crippen molar-refractivity contribution in [2.45, 2.75) is 12.3 Å². The summed E-state index contributed by atoms with van der Waals surface area (Å²) >= 11 is 13.1. The molecule has 0 amide bonds. The lowest BCUT2D eigenvalue weighted by molar-refractivity contribution is 0.0966. The van der Waals surface area contributed by atoms with Gasteiger partial charge in [0.25, 0.3) is 0 Å². The van der Waals surface area contributed by atoms with Gasteiger partial charge in [0.1, 0.15) is 4.34 Å². The molecule has 1 aromatic heterocycles. The second-order valence-corrected chi connectivity index (χ2v) is 6.75. The Hall–Kier alpha value is -0.830. The number of carbonyl (C=O) groups is 1. The van der Waals surface area contributed by atoms with Crippen molar-refractivity contribution in [3.63, 3.8) is 0 Å². The fraction of sp³-hybridized carbons (Fsp3) is 0.214. The molecule has 1 aromatic carbocycles. The number of halogens is 2. The Morgan fingerprint density at radius 1 is 1.22 bits per heavy atom. The van der Waals surface area contributed by atoms with Crippen LogP contribution in [0.4, 0.5) is 0 Å². The molecule has 92 valence electrons. The molecule has 0 radical (unpaired) electrons. The first kappa shape index (κ1) is 12.2. The lowest BCUT2D eigenvalue weighted by Gasteiger charge is -1.99. The fourth-order valence-corrected chi connectivity index (χ4v) is 3.73. The van der Waals surface area contributed by atoms with E-state index in [1.165, 1.54) is 16.9 Å². The van der Waals surface area contributed by atoms with Gasteiger partial charge in [0.05, 0.1) is 4.34 Å². The van der Waals surface area contributed by atoms with Gasteiger partial charge in [-0.25, -0.2) is 0 Å². The molecule has 1 nitrogen and oxygen atoms in total. The van der Waals surface area contributed by atoms with Crippen LogP contribution in [0.1, 0.15) is 28.3 Å². The van der Waals surface area contributed by atoms with Crippen molar-refractivity contribution < 1.29 is 4.79 Å². The maximum absolute atomic E-state index is 12.3. The SMILES string of the molecule is O=C(c1cc(Cl)sc1Cl)C1CC1c1ccccc1. The molecule has 0 bridgehead atoms. The Balaban J connectivity index is 1.79. The summed E-state index contributed by atoms with van der Waals surface area (Å²) in [7, 11) is 0. The van der Waals surface area contributed by atoms with E-state index in [-0.39, 0.29) is 11.7 Å². The highest BCUT2D eigenvalue weighted by Crippen LogP contribution is 2.50. The molecule has 1 fully saturated rings. The highest BCUT2D eigenvalue weighted by Gasteiger charge is 2.44. The zero-order valence-corrected chi connectivity index (χ0v) is 11.7. The van der Waals surface area contributed by atoms with Gasteiger partial charge >= 0.3 is 0 Å². The number of carbonyl (C=O) groups excluding carboxylic acids is 1. The third-order valence-electron chi connectivity index (χ3n) is 3.28. The minimum atomic E-state index is 0.0653. The van der Waals surface area contributed by atoms with Gasteiger partial charge in [0.2, 0.25) is 0 Å². The van der Waals surface area contributed by atoms with Crippen LogP contribution in [0.5, 0.6) is 0 Å². The summed E-state index contributed by atoms with van der Waals surface area (Å²) in [5.41, 5.74) is 1.81. The molecule has 0 N–H and O–H groups in total.